The Kier molecular flexibility index (Phi) is 5.17. The van der Waals surface area contributed by atoms with Gasteiger partial charge in [0.1, 0.15) is 0 Å². The number of carbonyl (C=O) groups excluding carboxylic acids is 1. The maximum atomic E-state index is 11.8. The van der Waals surface area contributed by atoms with E-state index in [4.69, 9.17) is 0 Å². The van der Waals surface area contributed by atoms with Gasteiger partial charge in [-0.3, -0.25) is 9.59 Å². The van der Waals surface area contributed by atoms with Crippen LogP contribution in [0.15, 0.2) is 9.95 Å². The molecule has 0 spiro atoms. The quantitative estimate of drug-likeness (QED) is 0.651. The molecule has 1 aromatic rings. The molecule has 0 aromatic carbocycles. The Hall–Kier alpha value is -1.30. The molecule has 6 heteroatoms. The number of H-pyrrole nitrogens is 1. The first-order chi connectivity index (χ1) is 8.73. The molecule has 0 fully saturated rings. The van der Waals surface area contributed by atoms with Crippen LogP contribution < -0.4 is 10.9 Å². The summed E-state index contributed by atoms with van der Waals surface area (Å²) in [5, 5.41) is 3.35. The normalized spacial score (nSPS) is 11.4. The Morgan fingerprint density at radius 1 is 1.42 bits per heavy atom. The number of aryl methyl sites for hydroxylation is 1. The fraction of sp³-hybridized carbons (Fsp3) is 0.615. The lowest BCUT2D eigenvalue weighted by Gasteiger charge is -2.20. The largest absolute Gasteiger partial charge is 0.351 e. The van der Waals surface area contributed by atoms with Gasteiger partial charge in [0.15, 0.2) is 5.16 Å². The zero-order valence-electron chi connectivity index (χ0n) is 12.1. The van der Waals surface area contributed by atoms with Crippen molar-refractivity contribution in [2.24, 2.45) is 0 Å². The van der Waals surface area contributed by atoms with Crippen LogP contribution in [0.3, 0.4) is 0 Å². The third kappa shape index (κ3) is 5.06. The van der Waals surface area contributed by atoms with E-state index in [0.717, 1.165) is 5.69 Å². The lowest BCUT2D eigenvalue weighted by atomic mass is 10.1. The Morgan fingerprint density at radius 3 is 2.53 bits per heavy atom. The van der Waals surface area contributed by atoms with Crippen LogP contribution in [0.1, 0.15) is 39.0 Å². The molecule has 2 N–H and O–H groups in total. The van der Waals surface area contributed by atoms with Crippen LogP contribution in [0.4, 0.5) is 0 Å². The fourth-order valence-electron chi connectivity index (χ4n) is 1.66. The van der Waals surface area contributed by atoms with Gasteiger partial charge in [-0.1, -0.05) is 18.7 Å². The lowest BCUT2D eigenvalue weighted by Crippen LogP contribution is -2.41. The van der Waals surface area contributed by atoms with Gasteiger partial charge in [0.2, 0.25) is 5.91 Å². The lowest BCUT2D eigenvalue weighted by molar-refractivity contribution is -0.119. The molecule has 0 bridgehead atoms. The summed E-state index contributed by atoms with van der Waals surface area (Å²) in [6.07, 6.45) is 0.656. The van der Waals surface area contributed by atoms with E-state index in [1.54, 1.807) is 0 Å². The first kappa shape index (κ1) is 15.8. The second kappa shape index (κ2) is 6.23. The number of amides is 1. The molecule has 0 unspecified atom stereocenters. The third-order valence-corrected chi connectivity index (χ3v) is 3.28. The van der Waals surface area contributed by atoms with Crippen molar-refractivity contribution in [3.63, 3.8) is 0 Å². The molecule has 106 valence electrons. The number of rotatable bonds is 4. The Balaban J connectivity index is 2.69. The second-order valence-corrected chi connectivity index (χ2v) is 6.34. The van der Waals surface area contributed by atoms with Gasteiger partial charge in [0, 0.05) is 16.8 Å². The van der Waals surface area contributed by atoms with Crippen LogP contribution in [0, 0.1) is 6.92 Å². The molecule has 19 heavy (non-hydrogen) atoms. The molecule has 0 aliphatic rings. The Morgan fingerprint density at radius 2 is 2.05 bits per heavy atom. The van der Waals surface area contributed by atoms with E-state index in [1.807, 2.05) is 34.6 Å². The highest BCUT2D eigenvalue weighted by Gasteiger charge is 2.14. The maximum Gasteiger partial charge on any atom is 0.254 e. The van der Waals surface area contributed by atoms with E-state index in [9.17, 15) is 9.59 Å². The number of aromatic nitrogens is 2. The molecule has 0 saturated heterocycles. The van der Waals surface area contributed by atoms with Crippen LogP contribution in [0.2, 0.25) is 0 Å². The summed E-state index contributed by atoms with van der Waals surface area (Å²) in [6, 6.07) is 0. The van der Waals surface area contributed by atoms with Gasteiger partial charge in [0.05, 0.1) is 5.75 Å². The smallest absolute Gasteiger partial charge is 0.254 e. The SMILES string of the molecule is CCc1c(C)nc(SCC(=O)NC(C)(C)C)[nH]c1=O. The average molecular weight is 283 g/mol. The minimum atomic E-state index is -0.250. The van der Waals surface area contributed by atoms with Crippen LogP contribution in [-0.2, 0) is 11.2 Å². The number of hydrogen-bond donors (Lipinski definition) is 2. The van der Waals surface area contributed by atoms with Crippen molar-refractivity contribution >= 4 is 17.7 Å². The molecular weight excluding hydrogens is 262 g/mol. The number of carbonyl (C=O) groups is 1. The first-order valence-corrected chi connectivity index (χ1v) is 7.25. The van der Waals surface area contributed by atoms with Crippen molar-refractivity contribution in [3.05, 3.63) is 21.6 Å². The van der Waals surface area contributed by atoms with Crippen molar-refractivity contribution < 1.29 is 4.79 Å². The molecule has 0 atom stereocenters. The molecule has 0 saturated carbocycles. The number of hydrogen-bond acceptors (Lipinski definition) is 4. The highest BCUT2D eigenvalue weighted by Crippen LogP contribution is 2.13. The highest BCUT2D eigenvalue weighted by atomic mass is 32.2. The average Bonchev–Trinajstić information content (AvgIpc) is 2.23. The second-order valence-electron chi connectivity index (χ2n) is 5.38. The van der Waals surface area contributed by atoms with E-state index in [0.29, 0.717) is 17.1 Å². The molecule has 0 aliphatic heterocycles. The first-order valence-electron chi connectivity index (χ1n) is 6.26. The monoisotopic (exact) mass is 283 g/mol. The molecule has 5 nitrogen and oxygen atoms in total. The molecular formula is C13H21N3O2S. The predicted molar refractivity (Wildman–Crippen MR) is 77.6 cm³/mol. The number of nitrogens with one attached hydrogen (secondary N) is 2. The minimum absolute atomic E-state index is 0.0719. The van der Waals surface area contributed by atoms with Gasteiger partial charge in [-0.15, -0.1) is 0 Å². The van der Waals surface area contributed by atoms with Gasteiger partial charge in [-0.25, -0.2) is 4.98 Å². The third-order valence-electron chi connectivity index (χ3n) is 2.41. The Bertz CT molecular complexity index is 518. The summed E-state index contributed by atoms with van der Waals surface area (Å²) in [7, 11) is 0. The van der Waals surface area contributed by atoms with Crippen LogP contribution in [-0.4, -0.2) is 27.2 Å². The molecule has 0 radical (unpaired) electrons. The fourth-order valence-corrected chi connectivity index (χ4v) is 2.36. The van der Waals surface area contributed by atoms with Gasteiger partial charge in [0.25, 0.3) is 5.56 Å². The van der Waals surface area contributed by atoms with E-state index in [2.05, 4.69) is 15.3 Å². The molecule has 1 aromatic heterocycles. The van der Waals surface area contributed by atoms with Gasteiger partial charge in [-0.2, -0.15) is 0 Å². The van der Waals surface area contributed by atoms with Gasteiger partial charge in [-0.05, 0) is 34.1 Å². The van der Waals surface area contributed by atoms with Crippen LogP contribution in [0.5, 0.6) is 0 Å². The van der Waals surface area contributed by atoms with Crippen LogP contribution in [0.25, 0.3) is 0 Å². The molecule has 0 aliphatic carbocycles. The summed E-state index contributed by atoms with van der Waals surface area (Å²) < 4.78 is 0. The van der Waals surface area contributed by atoms with E-state index in [-0.39, 0.29) is 22.8 Å². The van der Waals surface area contributed by atoms with Crippen molar-refractivity contribution in [1.82, 2.24) is 15.3 Å². The van der Waals surface area contributed by atoms with Crippen molar-refractivity contribution in [2.75, 3.05) is 5.75 Å². The number of aromatic amines is 1. The number of nitrogens with zero attached hydrogens (tertiary/aromatic N) is 1. The van der Waals surface area contributed by atoms with Crippen molar-refractivity contribution in [1.29, 1.82) is 0 Å². The van der Waals surface area contributed by atoms with E-state index >= 15 is 0 Å². The summed E-state index contributed by atoms with van der Waals surface area (Å²) in [5.74, 6) is 0.169. The standard InChI is InChI=1S/C13H21N3O2S/c1-6-9-8(2)14-12(15-11(9)18)19-7-10(17)16-13(3,4)5/h6-7H2,1-5H3,(H,16,17)(H,14,15,18). The zero-order chi connectivity index (χ0) is 14.6. The minimum Gasteiger partial charge on any atom is -0.351 e. The van der Waals surface area contributed by atoms with E-state index in [1.165, 1.54) is 11.8 Å². The summed E-state index contributed by atoms with van der Waals surface area (Å²) in [5.41, 5.74) is 1.06. The molecule has 1 rings (SSSR count). The number of thioether (sulfide) groups is 1. The molecule has 1 amide bonds. The Labute approximate surface area is 117 Å². The summed E-state index contributed by atoms with van der Waals surface area (Å²) in [4.78, 5) is 30.4. The topological polar surface area (TPSA) is 74.8 Å². The molecule has 1 heterocycles. The maximum absolute atomic E-state index is 11.8. The van der Waals surface area contributed by atoms with Crippen molar-refractivity contribution in [2.45, 2.75) is 51.7 Å². The van der Waals surface area contributed by atoms with Crippen LogP contribution >= 0.6 is 11.8 Å². The van der Waals surface area contributed by atoms with Crippen molar-refractivity contribution in [3.8, 4) is 0 Å². The van der Waals surface area contributed by atoms with E-state index < -0.39 is 0 Å². The highest BCUT2D eigenvalue weighted by molar-refractivity contribution is 7.99. The zero-order valence-corrected chi connectivity index (χ0v) is 12.9. The summed E-state index contributed by atoms with van der Waals surface area (Å²) >= 11 is 1.24. The summed E-state index contributed by atoms with van der Waals surface area (Å²) in [6.45, 7) is 9.51. The van der Waals surface area contributed by atoms with Gasteiger partial charge < -0.3 is 10.3 Å². The van der Waals surface area contributed by atoms with Gasteiger partial charge >= 0.3 is 0 Å². The predicted octanol–water partition coefficient (Wildman–Crippen LogP) is 1.65.